The van der Waals surface area contributed by atoms with E-state index in [0.717, 1.165) is 12.8 Å². The van der Waals surface area contributed by atoms with E-state index in [1.807, 2.05) is 0 Å². The molecule has 0 aromatic carbocycles. The number of rotatable bonds is 3. The van der Waals surface area contributed by atoms with E-state index in [1.165, 1.54) is 6.20 Å². The first-order valence-electron chi connectivity index (χ1n) is 5.81. The number of carbonyl (C=O) groups is 1. The van der Waals surface area contributed by atoms with E-state index in [4.69, 9.17) is 10.4 Å². The summed E-state index contributed by atoms with van der Waals surface area (Å²) in [6.07, 6.45) is 6.28. The van der Waals surface area contributed by atoms with Crippen molar-refractivity contribution in [2.75, 3.05) is 0 Å². The molecule has 0 bridgehead atoms. The monoisotopic (exact) mass is 254 g/mol. The molecule has 0 atom stereocenters. The van der Waals surface area contributed by atoms with Crippen molar-refractivity contribution < 1.29 is 9.90 Å². The molecule has 1 fully saturated rings. The second-order valence-electron chi connectivity index (χ2n) is 4.52. The van der Waals surface area contributed by atoms with Crippen LogP contribution in [-0.2, 0) is 5.54 Å². The molecule has 0 aliphatic heterocycles. The molecule has 2 aromatic rings. The van der Waals surface area contributed by atoms with Crippen LogP contribution in [0.1, 0.15) is 23.3 Å². The fourth-order valence-corrected chi connectivity index (χ4v) is 2.02. The summed E-state index contributed by atoms with van der Waals surface area (Å²) in [5.74, 6) is -1.08. The highest BCUT2D eigenvalue weighted by molar-refractivity contribution is 5.93. The third kappa shape index (κ3) is 1.76. The molecule has 1 aliphatic carbocycles. The Bertz CT molecular complexity index is 695. The van der Waals surface area contributed by atoms with Crippen LogP contribution in [0, 0.1) is 11.3 Å². The summed E-state index contributed by atoms with van der Waals surface area (Å²) in [7, 11) is 0. The van der Waals surface area contributed by atoms with Crippen molar-refractivity contribution in [3.05, 3.63) is 36.4 Å². The second kappa shape index (κ2) is 3.92. The zero-order valence-electron chi connectivity index (χ0n) is 9.95. The fraction of sp³-hybridized carbons (Fsp3) is 0.231. The average Bonchev–Trinajstić information content (AvgIpc) is 3.08. The molecular weight excluding hydrogens is 244 g/mol. The lowest BCUT2D eigenvalue weighted by Gasteiger charge is -2.05. The molecule has 2 aromatic heterocycles. The van der Waals surface area contributed by atoms with Crippen molar-refractivity contribution in [3.63, 3.8) is 0 Å². The Balaban J connectivity index is 2.05. The molecule has 19 heavy (non-hydrogen) atoms. The highest BCUT2D eigenvalue weighted by Gasteiger charge is 2.46. The molecule has 0 spiro atoms. The van der Waals surface area contributed by atoms with Gasteiger partial charge in [-0.25, -0.2) is 9.78 Å². The van der Waals surface area contributed by atoms with Gasteiger partial charge in [-0.2, -0.15) is 10.4 Å². The maximum atomic E-state index is 11.1. The molecule has 2 heterocycles. The van der Waals surface area contributed by atoms with Crippen LogP contribution in [0.25, 0.3) is 11.1 Å². The predicted octanol–water partition coefficient (Wildman–Crippen LogP) is 1.66. The van der Waals surface area contributed by atoms with Crippen LogP contribution in [0.15, 0.2) is 30.7 Å². The summed E-state index contributed by atoms with van der Waals surface area (Å²) in [6, 6.07) is 5.60. The van der Waals surface area contributed by atoms with Gasteiger partial charge in [0.2, 0.25) is 0 Å². The van der Waals surface area contributed by atoms with Crippen LogP contribution in [-0.4, -0.2) is 25.8 Å². The van der Waals surface area contributed by atoms with Crippen molar-refractivity contribution in [1.29, 1.82) is 5.26 Å². The fourth-order valence-electron chi connectivity index (χ4n) is 2.02. The lowest BCUT2D eigenvalue weighted by Crippen LogP contribution is -2.14. The molecule has 3 rings (SSSR count). The minimum absolute atomic E-state index is 0.0103. The molecule has 1 N–H and O–H groups in total. The Hall–Kier alpha value is -2.68. The van der Waals surface area contributed by atoms with Crippen molar-refractivity contribution in [3.8, 4) is 17.2 Å². The van der Waals surface area contributed by atoms with Gasteiger partial charge in [0, 0.05) is 23.5 Å². The van der Waals surface area contributed by atoms with Gasteiger partial charge in [0.15, 0.2) is 5.69 Å². The zero-order valence-corrected chi connectivity index (χ0v) is 9.95. The minimum atomic E-state index is -1.08. The van der Waals surface area contributed by atoms with E-state index >= 15 is 0 Å². The standard InChI is InChI=1S/C13H10N4O2/c14-8-13(3-4-13)17-7-9(6-16-17)10-2-1-5-15-11(10)12(18)19/h1-2,5-7H,3-4H2,(H,18,19). The molecule has 1 aliphatic rings. The minimum Gasteiger partial charge on any atom is -0.476 e. The maximum absolute atomic E-state index is 11.1. The quantitative estimate of drug-likeness (QED) is 0.899. The van der Waals surface area contributed by atoms with Crippen LogP contribution in [0.4, 0.5) is 0 Å². The van der Waals surface area contributed by atoms with Crippen LogP contribution in [0.5, 0.6) is 0 Å². The Morgan fingerprint density at radius 3 is 2.95 bits per heavy atom. The summed E-state index contributed by atoms with van der Waals surface area (Å²) in [5.41, 5.74) is 0.620. The van der Waals surface area contributed by atoms with Gasteiger partial charge in [0.1, 0.15) is 5.54 Å². The van der Waals surface area contributed by atoms with Gasteiger partial charge in [-0.15, -0.1) is 0 Å². The number of hydrogen-bond acceptors (Lipinski definition) is 4. The van der Waals surface area contributed by atoms with Crippen LogP contribution in [0.3, 0.4) is 0 Å². The molecule has 94 valence electrons. The third-order valence-electron chi connectivity index (χ3n) is 3.27. The van der Waals surface area contributed by atoms with E-state index in [2.05, 4.69) is 16.2 Å². The van der Waals surface area contributed by atoms with Gasteiger partial charge in [0.05, 0.1) is 12.3 Å². The highest BCUT2D eigenvalue weighted by atomic mass is 16.4. The normalized spacial score (nSPS) is 15.7. The summed E-state index contributed by atoms with van der Waals surface area (Å²) < 4.78 is 1.61. The number of carboxylic acid groups (broad SMARTS) is 1. The largest absolute Gasteiger partial charge is 0.476 e. The van der Waals surface area contributed by atoms with E-state index in [0.29, 0.717) is 11.1 Å². The molecule has 6 heteroatoms. The van der Waals surface area contributed by atoms with Crippen LogP contribution >= 0.6 is 0 Å². The Labute approximate surface area is 108 Å². The maximum Gasteiger partial charge on any atom is 0.355 e. The summed E-state index contributed by atoms with van der Waals surface area (Å²) >= 11 is 0. The smallest absolute Gasteiger partial charge is 0.355 e. The van der Waals surface area contributed by atoms with E-state index in [9.17, 15) is 4.79 Å². The van der Waals surface area contributed by atoms with Crippen molar-refractivity contribution >= 4 is 5.97 Å². The Morgan fingerprint density at radius 1 is 1.53 bits per heavy atom. The lowest BCUT2D eigenvalue weighted by molar-refractivity contribution is 0.0691. The van der Waals surface area contributed by atoms with Crippen molar-refractivity contribution in [2.24, 2.45) is 0 Å². The number of aromatic nitrogens is 3. The molecular formula is C13H10N4O2. The number of nitriles is 1. The van der Waals surface area contributed by atoms with E-state index in [-0.39, 0.29) is 5.69 Å². The first kappa shape index (κ1) is 11.4. The summed E-state index contributed by atoms with van der Waals surface area (Å²) in [6.45, 7) is 0. The number of pyridine rings is 1. The van der Waals surface area contributed by atoms with Crippen molar-refractivity contribution in [2.45, 2.75) is 18.4 Å². The molecule has 0 unspecified atom stereocenters. The van der Waals surface area contributed by atoms with Crippen LogP contribution in [0.2, 0.25) is 0 Å². The SMILES string of the molecule is N#CC1(n2cc(-c3cccnc3C(=O)O)cn2)CC1. The van der Waals surface area contributed by atoms with Gasteiger partial charge >= 0.3 is 5.97 Å². The van der Waals surface area contributed by atoms with Gasteiger partial charge < -0.3 is 5.11 Å². The number of nitrogens with zero attached hydrogens (tertiary/aromatic N) is 4. The van der Waals surface area contributed by atoms with Crippen LogP contribution < -0.4 is 0 Å². The highest BCUT2D eigenvalue weighted by Crippen LogP contribution is 2.42. The van der Waals surface area contributed by atoms with Crippen molar-refractivity contribution in [1.82, 2.24) is 14.8 Å². The number of hydrogen-bond donors (Lipinski definition) is 1. The molecule has 0 radical (unpaired) electrons. The summed E-state index contributed by atoms with van der Waals surface area (Å²) in [4.78, 5) is 15.0. The third-order valence-corrected chi connectivity index (χ3v) is 3.27. The zero-order chi connectivity index (χ0) is 13.5. The van der Waals surface area contributed by atoms with Gasteiger partial charge in [-0.1, -0.05) is 6.07 Å². The van der Waals surface area contributed by atoms with Gasteiger partial charge in [-0.05, 0) is 18.9 Å². The average molecular weight is 254 g/mol. The predicted molar refractivity (Wildman–Crippen MR) is 65.2 cm³/mol. The van der Waals surface area contributed by atoms with Gasteiger partial charge in [-0.3, -0.25) is 4.68 Å². The Kier molecular flexibility index (Phi) is 2.35. The number of carboxylic acids is 1. The lowest BCUT2D eigenvalue weighted by atomic mass is 10.1. The summed E-state index contributed by atoms with van der Waals surface area (Å²) in [5, 5.41) is 22.4. The molecule has 1 saturated carbocycles. The van der Waals surface area contributed by atoms with E-state index in [1.54, 1.807) is 29.2 Å². The second-order valence-corrected chi connectivity index (χ2v) is 4.52. The van der Waals surface area contributed by atoms with E-state index < -0.39 is 11.5 Å². The molecule has 6 nitrogen and oxygen atoms in total. The first-order valence-corrected chi connectivity index (χ1v) is 5.81. The topological polar surface area (TPSA) is 91.8 Å². The number of aromatic carboxylic acids is 1. The molecule has 0 saturated heterocycles. The van der Waals surface area contributed by atoms with Gasteiger partial charge in [0.25, 0.3) is 0 Å². The Morgan fingerprint density at radius 2 is 2.32 bits per heavy atom. The molecule has 0 amide bonds. The first-order chi connectivity index (χ1) is 9.16.